The first-order chi connectivity index (χ1) is 10.1. The molecule has 0 aromatic heterocycles. The van der Waals surface area contributed by atoms with Crippen molar-refractivity contribution in [1.82, 2.24) is 5.32 Å². The maximum atomic E-state index is 12.0. The number of nitrogens with one attached hydrogen (secondary N) is 1. The van der Waals surface area contributed by atoms with Gasteiger partial charge < -0.3 is 10.1 Å². The summed E-state index contributed by atoms with van der Waals surface area (Å²) in [7, 11) is -3.20. The van der Waals surface area contributed by atoms with Gasteiger partial charge in [-0.25, -0.2) is 8.42 Å². The van der Waals surface area contributed by atoms with Crippen molar-refractivity contribution in [1.29, 1.82) is 0 Å². The number of benzene rings is 1. The van der Waals surface area contributed by atoms with Gasteiger partial charge in [0.05, 0.1) is 24.0 Å². The van der Waals surface area contributed by atoms with Crippen LogP contribution >= 0.6 is 0 Å². The van der Waals surface area contributed by atoms with Crippen LogP contribution in [0.5, 0.6) is 0 Å². The van der Waals surface area contributed by atoms with Crippen LogP contribution in [0, 0.1) is 0 Å². The molecule has 1 fully saturated rings. The van der Waals surface area contributed by atoms with Crippen molar-refractivity contribution in [3.8, 4) is 0 Å². The van der Waals surface area contributed by atoms with E-state index in [-0.39, 0.29) is 30.1 Å². The average molecular weight is 311 g/mol. The maximum Gasteiger partial charge on any atom is 0.222 e. The van der Waals surface area contributed by atoms with Crippen molar-refractivity contribution >= 4 is 15.7 Å². The molecule has 0 saturated carbocycles. The van der Waals surface area contributed by atoms with Crippen LogP contribution in [0.15, 0.2) is 30.3 Å². The number of sulfone groups is 1. The fourth-order valence-corrected chi connectivity index (χ4v) is 3.59. The summed E-state index contributed by atoms with van der Waals surface area (Å²) >= 11 is 0. The summed E-state index contributed by atoms with van der Waals surface area (Å²) in [5.74, 6) is -0.175. The van der Waals surface area contributed by atoms with Gasteiger partial charge in [0, 0.05) is 13.2 Å². The van der Waals surface area contributed by atoms with Crippen LogP contribution in [-0.4, -0.2) is 39.3 Å². The largest absolute Gasteiger partial charge is 0.378 e. The second kappa shape index (κ2) is 7.56. The summed E-state index contributed by atoms with van der Waals surface area (Å²) in [5.41, 5.74) is 0.767. The zero-order valence-electron chi connectivity index (χ0n) is 12.0. The summed E-state index contributed by atoms with van der Waals surface area (Å²) in [6, 6.07) is 9.05. The summed E-state index contributed by atoms with van der Waals surface area (Å²) in [4.78, 5) is 11.7. The van der Waals surface area contributed by atoms with Gasteiger partial charge in [-0.15, -0.1) is 0 Å². The Morgan fingerprint density at radius 2 is 2.05 bits per heavy atom. The lowest BCUT2D eigenvalue weighted by Crippen LogP contribution is -2.31. The predicted molar refractivity (Wildman–Crippen MR) is 80.5 cm³/mol. The van der Waals surface area contributed by atoms with Crippen molar-refractivity contribution in [3.05, 3.63) is 35.9 Å². The Kier molecular flexibility index (Phi) is 5.76. The van der Waals surface area contributed by atoms with Gasteiger partial charge in [0.2, 0.25) is 5.91 Å². The summed E-state index contributed by atoms with van der Waals surface area (Å²) in [5, 5.41) is 2.65. The molecule has 6 heteroatoms. The Labute approximate surface area is 125 Å². The molecule has 0 bridgehead atoms. The van der Waals surface area contributed by atoms with Gasteiger partial charge in [-0.1, -0.05) is 30.3 Å². The fourth-order valence-electron chi connectivity index (χ4n) is 2.33. The highest BCUT2D eigenvalue weighted by Crippen LogP contribution is 2.14. The highest BCUT2D eigenvalue weighted by molar-refractivity contribution is 7.90. The Hall–Kier alpha value is -1.40. The number of amides is 1. The monoisotopic (exact) mass is 311 g/mol. The first-order valence-corrected chi connectivity index (χ1v) is 9.00. The van der Waals surface area contributed by atoms with Crippen molar-refractivity contribution in [2.75, 3.05) is 18.9 Å². The molecule has 1 atom stereocenters. The van der Waals surface area contributed by atoms with E-state index in [1.807, 2.05) is 18.2 Å². The van der Waals surface area contributed by atoms with Gasteiger partial charge in [-0.3, -0.25) is 4.79 Å². The maximum absolute atomic E-state index is 12.0. The highest BCUT2D eigenvalue weighted by atomic mass is 32.2. The van der Waals surface area contributed by atoms with Crippen molar-refractivity contribution < 1.29 is 17.9 Å². The molecule has 1 aliphatic heterocycles. The minimum atomic E-state index is -3.20. The summed E-state index contributed by atoms with van der Waals surface area (Å²) < 4.78 is 29.3. The molecule has 1 saturated heterocycles. The van der Waals surface area contributed by atoms with Crippen molar-refractivity contribution in [2.24, 2.45) is 0 Å². The first kappa shape index (κ1) is 16.0. The zero-order chi connectivity index (χ0) is 15.1. The molecule has 1 aromatic carbocycles. The first-order valence-electron chi connectivity index (χ1n) is 7.18. The van der Waals surface area contributed by atoms with E-state index in [1.54, 1.807) is 12.1 Å². The Balaban J connectivity index is 1.70. The molecule has 0 aliphatic carbocycles. The van der Waals surface area contributed by atoms with E-state index < -0.39 is 9.84 Å². The van der Waals surface area contributed by atoms with Crippen LogP contribution < -0.4 is 5.32 Å². The lowest BCUT2D eigenvalue weighted by Gasteiger charge is -2.10. The molecular formula is C15H21NO4S. The quantitative estimate of drug-likeness (QED) is 0.823. The predicted octanol–water partition coefficient (Wildman–Crippen LogP) is 1.29. The standard InChI is InChI=1S/C15H21NO4S/c17-15(11-14-7-4-9-20-14)16-8-10-21(18,19)12-13-5-2-1-3-6-13/h1-3,5-6,14H,4,7-12H2,(H,16,17)/t14-/m0/s1. The SMILES string of the molecule is O=C(C[C@@H]1CCCO1)NCCS(=O)(=O)Cc1ccccc1. The summed E-state index contributed by atoms with van der Waals surface area (Å²) in [6.07, 6.45) is 2.20. The molecule has 0 unspecified atom stereocenters. The third-order valence-electron chi connectivity index (χ3n) is 3.40. The summed E-state index contributed by atoms with van der Waals surface area (Å²) in [6.45, 7) is 0.865. The minimum absolute atomic E-state index is 0.00840. The third kappa shape index (κ3) is 5.85. The topological polar surface area (TPSA) is 72.5 Å². The van der Waals surface area contributed by atoms with E-state index in [1.165, 1.54) is 0 Å². The molecular weight excluding hydrogens is 290 g/mol. The van der Waals surface area contributed by atoms with E-state index in [0.29, 0.717) is 13.0 Å². The molecule has 0 spiro atoms. The second-order valence-corrected chi connectivity index (χ2v) is 7.45. The van der Waals surface area contributed by atoms with E-state index >= 15 is 0 Å². The normalized spacial score (nSPS) is 18.6. The molecule has 21 heavy (non-hydrogen) atoms. The zero-order valence-corrected chi connectivity index (χ0v) is 12.8. The number of rotatable bonds is 7. The Morgan fingerprint density at radius 1 is 1.29 bits per heavy atom. The van der Waals surface area contributed by atoms with E-state index in [0.717, 1.165) is 18.4 Å². The Morgan fingerprint density at radius 3 is 2.71 bits per heavy atom. The van der Waals surface area contributed by atoms with E-state index in [4.69, 9.17) is 4.74 Å². The number of ether oxygens (including phenoxy) is 1. The van der Waals surface area contributed by atoms with Crippen LogP contribution in [0.2, 0.25) is 0 Å². The smallest absolute Gasteiger partial charge is 0.222 e. The average Bonchev–Trinajstić information content (AvgIpc) is 2.91. The van der Waals surface area contributed by atoms with Crippen molar-refractivity contribution in [3.63, 3.8) is 0 Å². The highest BCUT2D eigenvalue weighted by Gasteiger charge is 2.19. The van der Waals surface area contributed by atoms with Gasteiger partial charge in [-0.2, -0.15) is 0 Å². The lowest BCUT2D eigenvalue weighted by molar-refractivity contribution is -0.123. The van der Waals surface area contributed by atoms with Crippen LogP contribution in [-0.2, 0) is 25.1 Å². The molecule has 116 valence electrons. The fraction of sp³-hybridized carbons (Fsp3) is 0.533. The van der Waals surface area contributed by atoms with Crippen LogP contribution in [0.3, 0.4) is 0 Å². The number of hydrogen-bond acceptors (Lipinski definition) is 4. The van der Waals surface area contributed by atoms with Gasteiger partial charge >= 0.3 is 0 Å². The van der Waals surface area contributed by atoms with Crippen LogP contribution in [0.25, 0.3) is 0 Å². The lowest BCUT2D eigenvalue weighted by atomic mass is 10.2. The van der Waals surface area contributed by atoms with Crippen LogP contribution in [0.4, 0.5) is 0 Å². The van der Waals surface area contributed by atoms with E-state index in [2.05, 4.69) is 5.32 Å². The molecule has 5 nitrogen and oxygen atoms in total. The number of carbonyl (C=O) groups is 1. The van der Waals surface area contributed by atoms with Crippen molar-refractivity contribution in [2.45, 2.75) is 31.1 Å². The van der Waals surface area contributed by atoms with Gasteiger partial charge in [0.15, 0.2) is 9.84 Å². The molecule has 1 aromatic rings. The molecule has 1 heterocycles. The molecule has 0 radical (unpaired) electrons. The molecule has 1 aliphatic rings. The van der Waals surface area contributed by atoms with Gasteiger partial charge in [0.25, 0.3) is 0 Å². The molecule has 1 amide bonds. The van der Waals surface area contributed by atoms with Gasteiger partial charge in [-0.05, 0) is 18.4 Å². The third-order valence-corrected chi connectivity index (χ3v) is 5.00. The second-order valence-electron chi connectivity index (χ2n) is 5.27. The molecule has 1 N–H and O–H groups in total. The van der Waals surface area contributed by atoms with Gasteiger partial charge in [0.1, 0.15) is 0 Å². The molecule has 2 rings (SSSR count). The Bertz CT molecular complexity index is 550. The number of hydrogen-bond donors (Lipinski definition) is 1. The minimum Gasteiger partial charge on any atom is -0.378 e. The number of carbonyl (C=O) groups excluding carboxylic acids is 1. The van der Waals surface area contributed by atoms with Crippen LogP contribution in [0.1, 0.15) is 24.8 Å². The van der Waals surface area contributed by atoms with E-state index in [9.17, 15) is 13.2 Å².